The zero-order valence-electron chi connectivity index (χ0n) is 10.8. The number of benzene rings is 1. The van der Waals surface area contributed by atoms with E-state index < -0.39 is 0 Å². The summed E-state index contributed by atoms with van der Waals surface area (Å²) < 4.78 is 0. The van der Waals surface area contributed by atoms with Crippen molar-refractivity contribution in [3.05, 3.63) is 54.1 Å². The van der Waals surface area contributed by atoms with Gasteiger partial charge in [-0.15, -0.1) is 0 Å². The third-order valence-corrected chi connectivity index (χ3v) is 3.09. The highest BCUT2D eigenvalue weighted by Crippen LogP contribution is 2.19. The van der Waals surface area contributed by atoms with Gasteiger partial charge in [0.2, 0.25) is 0 Å². The van der Waals surface area contributed by atoms with E-state index in [1.165, 1.54) is 0 Å². The lowest BCUT2D eigenvalue weighted by atomic mass is 10.1. The molecule has 3 rings (SSSR count). The van der Waals surface area contributed by atoms with E-state index in [0.717, 1.165) is 35.4 Å². The number of fused-ring (bicyclic) bond motifs is 1. The van der Waals surface area contributed by atoms with E-state index in [0.29, 0.717) is 5.56 Å². The van der Waals surface area contributed by atoms with Crippen LogP contribution in [0.15, 0.2) is 42.9 Å². The average molecular weight is 263 g/mol. The second kappa shape index (κ2) is 5.41. The molecule has 0 unspecified atom stereocenters. The second-order valence-corrected chi connectivity index (χ2v) is 4.44. The van der Waals surface area contributed by atoms with Crippen LogP contribution in [0.5, 0.6) is 0 Å². The molecule has 20 heavy (non-hydrogen) atoms. The number of H-pyrrole nitrogens is 1. The first-order valence-corrected chi connectivity index (χ1v) is 6.38. The van der Waals surface area contributed by atoms with E-state index in [-0.39, 0.29) is 0 Å². The van der Waals surface area contributed by atoms with Gasteiger partial charge in [-0.1, -0.05) is 18.2 Å². The molecule has 0 amide bonds. The van der Waals surface area contributed by atoms with Gasteiger partial charge in [-0.2, -0.15) is 5.26 Å². The van der Waals surface area contributed by atoms with Gasteiger partial charge in [-0.25, -0.2) is 9.97 Å². The molecule has 2 heterocycles. The largest absolute Gasteiger partial charge is 0.370 e. The number of hydrogen-bond donors (Lipinski definition) is 2. The van der Waals surface area contributed by atoms with Crippen LogP contribution < -0.4 is 5.32 Å². The van der Waals surface area contributed by atoms with Crippen LogP contribution in [0, 0.1) is 11.3 Å². The van der Waals surface area contributed by atoms with Gasteiger partial charge in [-0.3, -0.25) is 0 Å². The van der Waals surface area contributed by atoms with E-state index in [1.54, 1.807) is 18.6 Å². The molecule has 3 aromatic rings. The predicted octanol–water partition coefficient (Wildman–Crippen LogP) is 2.48. The lowest BCUT2D eigenvalue weighted by Gasteiger charge is -2.07. The quantitative estimate of drug-likeness (QED) is 0.758. The van der Waals surface area contributed by atoms with Crippen LogP contribution in [-0.4, -0.2) is 21.5 Å². The number of nitrogens with zero attached hydrogens (tertiary/aromatic N) is 3. The Morgan fingerprint density at radius 2 is 2.20 bits per heavy atom. The first kappa shape index (κ1) is 12.2. The number of rotatable bonds is 4. The van der Waals surface area contributed by atoms with Gasteiger partial charge in [0.05, 0.1) is 23.5 Å². The summed E-state index contributed by atoms with van der Waals surface area (Å²) in [6.07, 6.45) is 4.30. The highest BCUT2D eigenvalue weighted by molar-refractivity contribution is 5.86. The van der Waals surface area contributed by atoms with Gasteiger partial charge in [0.1, 0.15) is 5.82 Å². The number of aromatic amines is 1. The summed E-state index contributed by atoms with van der Waals surface area (Å²) in [4.78, 5) is 11.5. The topological polar surface area (TPSA) is 77.4 Å². The fraction of sp³-hybridized carbons (Fsp3) is 0.133. The number of aromatic nitrogens is 3. The van der Waals surface area contributed by atoms with Crippen LogP contribution in [0.3, 0.4) is 0 Å². The summed E-state index contributed by atoms with van der Waals surface area (Å²) in [6, 6.07) is 11.7. The molecule has 0 aliphatic carbocycles. The Kier molecular flexibility index (Phi) is 3.29. The zero-order valence-corrected chi connectivity index (χ0v) is 10.8. The summed E-state index contributed by atoms with van der Waals surface area (Å²) in [5, 5.41) is 13.3. The zero-order chi connectivity index (χ0) is 13.8. The molecule has 0 fully saturated rings. The molecular weight excluding hydrogens is 250 g/mol. The number of anilines is 1. The van der Waals surface area contributed by atoms with Gasteiger partial charge >= 0.3 is 0 Å². The summed E-state index contributed by atoms with van der Waals surface area (Å²) in [5.74, 6) is 0.722. The van der Waals surface area contributed by atoms with Gasteiger partial charge in [0.15, 0.2) is 0 Å². The Morgan fingerprint density at radius 3 is 3.00 bits per heavy atom. The van der Waals surface area contributed by atoms with Crippen molar-refractivity contribution in [1.82, 2.24) is 15.0 Å². The van der Waals surface area contributed by atoms with Gasteiger partial charge in [0, 0.05) is 30.2 Å². The fourth-order valence-corrected chi connectivity index (χ4v) is 2.11. The smallest absolute Gasteiger partial charge is 0.127 e. The summed E-state index contributed by atoms with van der Waals surface area (Å²) in [5.41, 5.74) is 2.54. The summed E-state index contributed by atoms with van der Waals surface area (Å²) in [7, 11) is 0. The molecule has 0 spiro atoms. The van der Waals surface area contributed by atoms with Crippen molar-refractivity contribution in [3.8, 4) is 6.07 Å². The molecule has 5 nitrogen and oxygen atoms in total. The van der Waals surface area contributed by atoms with E-state index in [9.17, 15) is 5.26 Å². The molecule has 1 aromatic carbocycles. The van der Waals surface area contributed by atoms with Crippen molar-refractivity contribution in [3.63, 3.8) is 0 Å². The molecular formula is C15H13N5. The first-order chi connectivity index (χ1) is 9.86. The minimum Gasteiger partial charge on any atom is -0.370 e. The number of imidazole rings is 1. The Bertz CT molecular complexity index is 756. The maximum absolute atomic E-state index is 9.22. The number of pyridine rings is 1. The van der Waals surface area contributed by atoms with Gasteiger partial charge < -0.3 is 10.3 Å². The van der Waals surface area contributed by atoms with Crippen molar-refractivity contribution in [1.29, 1.82) is 5.26 Å². The predicted molar refractivity (Wildman–Crippen MR) is 77.2 cm³/mol. The molecule has 0 saturated heterocycles. The van der Waals surface area contributed by atoms with Crippen LogP contribution in [0.2, 0.25) is 0 Å². The second-order valence-electron chi connectivity index (χ2n) is 4.44. The Labute approximate surface area is 116 Å². The Hall–Kier alpha value is -2.87. The van der Waals surface area contributed by atoms with E-state index >= 15 is 0 Å². The molecule has 0 radical (unpaired) electrons. The van der Waals surface area contributed by atoms with E-state index in [4.69, 9.17) is 0 Å². The molecule has 0 atom stereocenters. The van der Waals surface area contributed by atoms with Gasteiger partial charge in [0.25, 0.3) is 0 Å². The number of nitrogens with one attached hydrogen (secondary N) is 2. The molecule has 5 heteroatoms. The number of para-hydroxylation sites is 1. The standard InChI is InChI=1S/C15H13N5/c16-8-11-7-15(18-6-5-12-9-17-10-19-12)20-14-4-2-1-3-13(11)14/h1-4,7,9-10H,5-6H2,(H,17,19)(H,18,20). The lowest BCUT2D eigenvalue weighted by molar-refractivity contribution is 0.970. The molecule has 0 saturated carbocycles. The highest BCUT2D eigenvalue weighted by atomic mass is 15.0. The maximum atomic E-state index is 9.22. The molecule has 98 valence electrons. The van der Waals surface area contributed by atoms with Crippen molar-refractivity contribution in [2.45, 2.75) is 6.42 Å². The van der Waals surface area contributed by atoms with Crippen LogP contribution in [-0.2, 0) is 6.42 Å². The molecule has 2 aromatic heterocycles. The van der Waals surface area contributed by atoms with Crippen LogP contribution in [0.25, 0.3) is 10.9 Å². The van der Waals surface area contributed by atoms with E-state index in [2.05, 4.69) is 26.3 Å². The molecule has 2 N–H and O–H groups in total. The molecule has 0 aliphatic heterocycles. The Morgan fingerprint density at radius 1 is 1.30 bits per heavy atom. The molecule has 0 aliphatic rings. The normalized spacial score (nSPS) is 10.3. The van der Waals surface area contributed by atoms with Crippen molar-refractivity contribution in [2.75, 3.05) is 11.9 Å². The number of nitriles is 1. The molecule has 0 bridgehead atoms. The third kappa shape index (κ3) is 2.45. The van der Waals surface area contributed by atoms with Crippen molar-refractivity contribution in [2.24, 2.45) is 0 Å². The number of hydrogen-bond acceptors (Lipinski definition) is 4. The van der Waals surface area contributed by atoms with Crippen LogP contribution in [0.4, 0.5) is 5.82 Å². The third-order valence-electron chi connectivity index (χ3n) is 3.09. The Balaban J connectivity index is 1.80. The van der Waals surface area contributed by atoms with Gasteiger partial charge in [-0.05, 0) is 12.1 Å². The van der Waals surface area contributed by atoms with Crippen molar-refractivity contribution >= 4 is 16.7 Å². The lowest BCUT2D eigenvalue weighted by Crippen LogP contribution is -2.07. The van der Waals surface area contributed by atoms with Crippen molar-refractivity contribution < 1.29 is 0 Å². The minimum absolute atomic E-state index is 0.639. The SMILES string of the molecule is N#Cc1cc(NCCc2cnc[nH]2)nc2ccccc12. The highest BCUT2D eigenvalue weighted by Gasteiger charge is 2.04. The summed E-state index contributed by atoms with van der Waals surface area (Å²) in [6.45, 7) is 0.735. The average Bonchev–Trinajstić information content (AvgIpc) is 2.99. The van der Waals surface area contributed by atoms with Crippen LogP contribution >= 0.6 is 0 Å². The summed E-state index contributed by atoms with van der Waals surface area (Å²) >= 11 is 0. The minimum atomic E-state index is 0.639. The van der Waals surface area contributed by atoms with Crippen LogP contribution in [0.1, 0.15) is 11.3 Å². The van der Waals surface area contributed by atoms with E-state index in [1.807, 2.05) is 24.3 Å². The maximum Gasteiger partial charge on any atom is 0.127 e. The fourth-order valence-electron chi connectivity index (χ4n) is 2.11. The monoisotopic (exact) mass is 263 g/mol. The first-order valence-electron chi connectivity index (χ1n) is 6.38.